The lowest BCUT2D eigenvalue weighted by Gasteiger charge is -2.29. The number of hydrazone groups is 1. The van der Waals surface area contributed by atoms with Crippen molar-refractivity contribution in [1.82, 2.24) is 5.43 Å². The summed E-state index contributed by atoms with van der Waals surface area (Å²) < 4.78 is 10.8. The Balaban J connectivity index is 1.69. The molecule has 0 saturated carbocycles. The fraction of sp³-hybridized carbons (Fsp3) is 0.263. The summed E-state index contributed by atoms with van der Waals surface area (Å²) in [6, 6.07) is 12.1. The third kappa shape index (κ3) is 4.12. The van der Waals surface area contributed by atoms with Crippen molar-refractivity contribution in [2.24, 2.45) is 5.10 Å². The number of hydrogen-bond acceptors (Lipinski definition) is 6. The average molecular weight is 355 g/mol. The van der Waals surface area contributed by atoms with Crippen LogP contribution in [0.5, 0.6) is 11.5 Å². The van der Waals surface area contributed by atoms with Crippen LogP contribution in [-0.2, 0) is 4.74 Å². The molecule has 0 atom stereocenters. The van der Waals surface area contributed by atoms with Crippen molar-refractivity contribution in [3.63, 3.8) is 0 Å². The number of anilines is 1. The van der Waals surface area contributed by atoms with E-state index >= 15 is 0 Å². The molecule has 1 aliphatic rings. The third-order valence-electron chi connectivity index (χ3n) is 4.11. The van der Waals surface area contributed by atoms with E-state index in [0.29, 0.717) is 19.0 Å². The molecule has 136 valence electrons. The summed E-state index contributed by atoms with van der Waals surface area (Å²) in [5.74, 6) is 0.0884. The normalized spacial score (nSPS) is 14.4. The first-order chi connectivity index (χ1) is 12.7. The molecule has 1 aliphatic heterocycles. The summed E-state index contributed by atoms with van der Waals surface area (Å²) in [5, 5.41) is 13.6. The number of amides is 1. The molecule has 0 radical (unpaired) electrons. The molecule has 2 aromatic rings. The molecule has 7 heteroatoms. The number of nitrogens with zero attached hydrogens (tertiary/aromatic N) is 2. The van der Waals surface area contributed by atoms with Gasteiger partial charge in [0.25, 0.3) is 5.91 Å². The molecule has 1 fully saturated rings. The van der Waals surface area contributed by atoms with Gasteiger partial charge in [-0.25, -0.2) is 5.43 Å². The lowest BCUT2D eigenvalue weighted by atomic mass is 10.1. The highest BCUT2D eigenvalue weighted by Crippen LogP contribution is 2.25. The van der Waals surface area contributed by atoms with Crippen molar-refractivity contribution < 1.29 is 19.4 Å². The second kappa shape index (κ2) is 8.35. The van der Waals surface area contributed by atoms with Gasteiger partial charge in [0.2, 0.25) is 0 Å². The molecule has 0 aromatic heterocycles. The van der Waals surface area contributed by atoms with E-state index in [9.17, 15) is 9.90 Å². The number of benzene rings is 2. The minimum Gasteiger partial charge on any atom is -0.507 e. The summed E-state index contributed by atoms with van der Waals surface area (Å²) in [5.41, 5.74) is 4.37. The zero-order valence-corrected chi connectivity index (χ0v) is 14.5. The number of carbonyl (C=O) groups is 1. The van der Waals surface area contributed by atoms with E-state index in [1.54, 1.807) is 19.2 Å². The fourth-order valence-corrected chi connectivity index (χ4v) is 2.71. The Bertz CT molecular complexity index is 801. The second-order valence-corrected chi connectivity index (χ2v) is 5.74. The first kappa shape index (κ1) is 17.8. The highest BCUT2D eigenvalue weighted by atomic mass is 16.5. The Labute approximate surface area is 151 Å². The number of morpholine rings is 1. The van der Waals surface area contributed by atoms with E-state index in [-0.39, 0.29) is 11.3 Å². The van der Waals surface area contributed by atoms with Gasteiger partial charge in [-0.2, -0.15) is 5.10 Å². The molecule has 0 bridgehead atoms. The zero-order valence-electron chi connectivity index (χ0n) is 14.5. The van der Waals surface area contributed by atoms with Crippen LogP contribution in [0.1, 0.15) is 15.9 Å². The zero-order chi connectivity index (χ0) is 18.4. The summed E-state index contributed by atoms with van der Waals surface area (Å²) in [7, 11) is 1.59. The number of nitrogens with one attached hydrogen (secondary N) is 1. The lowest BCUT2D eigenvalue weighted by Crippen LogP contribution is -2.36. The van der Waals surface area contributed by atoms with Crippen molar-refractivity contribution >= 4 is 17.8 Å². The molecule has 1 saturated heterocycles. The van der Waals surface area contributed by atoms with Crippen molar-refractivity contribution in [2.75, 3.05) is 38.3 Å². The Hall–Kier alpha value is -3.06. The first-order valence-corrected chi connectivity index (χ1v) is 8.31. The van der Waals surface area contributed by atoms with Crippen LogP contribution in [0.2, 0.25) is 0 Å². The van der Waals surface area contributed by atoms with Crippen LogP contribution in [0.4, 0.5) is 5.69 Å². The summed E-state index contributed by atoms with van der Waals surface area (Å²) in [6.45, 7) is 3.11. The predicted molar refractivity (Wildman–Crippen MR) is 99.2 cm³/mol. The smallest absolute Gasteiger partial charge is 0.275 e. The molecule has 2 N–H and O–H groups in total. The molecule has 1 amide bonds. The van der Waals surface area contributed by atoms with E-state index in [1.807, 2.05) is 18.2 Å². The van der Waals surface area contributed by atoms with E-state index < -0.39 is 5.91 Å². The predicted octanol–water partition coefficient (Wildman–Crippen LogP) is 2.00. The monoisotopic (exact) mass is 355 g/mol. The third-order valence-corrected chi connectivity index (χ3v) is 4.11. The van der Waals surface area contributed by atoms with E-state index in [2.05, 4.69) is 15.4 Å². The molecule has 0 aliphatic carbocycles. The highest BCUT2D eigenvalue weighted by Gasteiger charge is 2.13. The lowest BCUT2D eigenvalue weighted by molar-refractivity contribution is 0.0952. The first-order valence-electron chi connectivity index (χ1n) is 8.31. The molecule has 1 heterocycles. The Morgan fingerprint density at radius 1 is 1.27 bits per heavy atom. The SMILES string of the molecule is COc1cc(N2CCOCC2)ccc1/C=N/NC(=O)c1ccccc1O. The van der Waals surface area contributed by atoms with Gasteiger partial charge in [-0.1, -0.05) is 12.1 Å². The van der Waals surface area contributed by atoms with Crippen molar-refractivity contribution in [3.05, 3.63) is 53.6 Å². The maximum atomic E-state index is 12.0. The Kier molecular flexibility index (Phi) is 5.70. The highest BCUT2D eigenvalue weighted by molar-refractivity contribution is 5.97. The van der Waals surface area contributed by atoms with Gasteiger partial charge >= 0.3 is 0 Å². The quantitative estimate of drug-likeness (QED) is 0.633. The van der Waals surface area contributed by atoms with Crippen LogP contribution in [-0.4, -0.2) is 50.6 Å². The molecule has 7 nitrogen and oxygen atoms in total. The minimum absolute atomic E-state index is 0.0901. The van der Waals surface area contributed by atoms with Crippen LogP contribution in [0.15, 0.2) is 47.6 Å². The van der Waals surface area contributed by atoms with Gasteiger partial charge in [-0.15, -0.1) is 0 Å². The van der Waals surface area contributed by atoms with Gasteiger partial charge in [-0.05, 0) is 24.3 Å². The average Bonchev–Trinajstić information content (AvgIpc) is 2.69. The van der Waals surface area contributed by atoms with Crippen molar-refractivity contribution in [1.29, 1.82) is 0 Å². The van der Waals surface area contributed by atoms with Gasteiger partial charge in [-0.3, -0.25) is 4.79 Å². The van der Waals surface area contributed by atoms with Crippen molar-refractivity contribution in [3.8, 4) is 11.5 Å². The Morgan fingerprint density at radius 2 is 2.04 bits per heavy atom. The summed E-state index contributed by atoms with van der Waals surface area (Å²) >= 11 is 0. The number of phenolic OH excluding ortho intramolecular Hbond substituents is 1. The van der Waals surface area contributed by atoms with E-state index in [4.69, 9.17) is 9.47 Å². The standard InChI is InChI=1S/C19H21N3O4/c1-25-18-12-15(22-8-10-26-11-9-22)7-6-14(18)13-20-21-19(24)16-4-2-3-5-17(16)23/h2-7,12-13,23H,8-11H2,1H3,(H,21,24)/b20-13+. The maximum Gasteiger partial charge on any atom is 0.275 e. The number of hydrogen-bond donors (Lipinski definition) is 2. The van der Waals surface area contributed by atoms with Crippen molar-refractivity contribution in [2.45, 2.75) is 0 Å². The minimum atomic E-state index is -0.483. The van der Waals surface area contributed by atoms with Crippen LogP contribution in [0, 0.1) is 0 Å². The van der Waals surface area contributed by atoms with E-state index in [1.165, 1.54) is 18.3 Å². The van der Waals surface area contributed by atoms with Gasteiger partial charge in [0, 0.05) is 30.4 Å². The fourth-order valence-electron chi connectivity index (χ4n) is 2.71. The van der Waals surface area contributed by atoms with Crippen LogP contribution in [0.3, 0.4) is 0 Å². The molecule has 3 rings (SSSR count). The van der Waals surface area contributed by atoms with Gasteiger partial charge < -0.3 is 19.5 Å². The largest absolute Gasteiger partial charge is 0.507 e. The molecule has 0 spiro atoms. The number of ether oxygens (including phenoxy) is 2. The number of methoxy groups -OCH3 is 1. The van der Waals surface area contributed by atoms with Crippen LogP contribution in [0.25, 0.3) is 0 Å². The van der Waals surface area contributed by atoms with Gasteiger partial charge in [0.1, 0.15) is 11.5 Å². The number of rotatable bonds is 5. The van der Waals surface area contributed by atoms with E-state index in [0.717, 1.165) is 24.3 Å². The number of aromatic hydroxyl groups is 1. The molecule has 2 aromatic carbocycles. The molecule has 0 unspecified atom stereocenters. The molecular weight excluding hydrogens is 334 g/mol. The number of para-hydroxylation sites is 1. The van der Waals surface area contributed by atoms with Crippen LogP contribution < -0.4 is 15.1 Å². The summed E-state index contributed by atoms with van der Waals surface area (Å²) in [6.07, 6.45) is 1.51. The molecular formula is C19H21N3O4. The van der Waals surface area contributed by atoms with Gasteiger partial charge in [0.15, 0.2) is 0 Å². The van der Waals surface area contributed by atoms with Gasteiger partial charge in [0.05, 0.1) is 32.1 Å². The maximum absolute atomic E-state index is 12.0. The topological polar surface area (TPSA) is 83.4 Å². The number of phenols is 1. The Morgan fingerprint density at radius 3 is 2.77 bits per heavy atom. The number of carbonyl (C=O) groups excluding carboxylic acids is 1. The van der Waals surface area contributed by atoms with Crippen LogP contribution >= 0.6 is 0 Å². The second-order valence-electron chi connectivity index (χ2n) is 5.74. The summed E-state index contributed by atoms with van der Waals surface area (Å²) in [4.78, 5) is 14.3. The molecule has 26 heavy (non-hydrogen) atoms.